The van der Waals surface area contributed by atoms with E-state index in [4.69, 9.17) is 9.84 Å². The lowest BCUT2D eigenvalue weighted by molar-refractivity contribution is -0.144. The highest BCUT2D eigenvalue weighted by Gasteiger charge is 2.20. The number of aromatic hydroxyl groups is 2. The van der Waals surface area contributed by atoms with E-state index < -0.39 is 12.1 Å². The van der Waals surface area contributed by atoms with Gasteiger partial charge in [0.15, 0.2) is 0 Å². The van der Waals surface area contributed by atoms with Crippen molar-refractivity contribution in [2.75, 3.05) is 0 Å². The van der Waals surface area contributed by atoms with Gasteiger partial charge in [0, 0.05) is 24.1 Å². The Hall–Kier alpha value is -1.97. The highest BCUT2D eigenvalue weighted by molar-refractivity contribution is 5.83. The fourth-order valence-corrected chi connectivity index (χ4v) is 1.51. The van der Waals surface area contributed by atoms with E-state index in [9.17, 15) is 9.90 Å². The van der Waals surface area contributed by atoms with E-state index in [1.54, 1.807) is 12.1 Å². The number of carbonyl (C=O) groups is 1. The zero-order chi connectivity index (χ0) is 10.8. The highest BCUT2D eigenvalue weighted by Crippen LogP contribution is 2.33. The van der Waals surface area contributed by atoms with Gasteiger partial charge in [0.05, 0.1) is 0 Å². The second kappa shape index (κ2) is 3.65. The number of rotatable bonds is 1. The van der Waals surface area contributed by atoms with Crippen LogP contribution in [0.1, 0.15) is 18.1 Å². The summed E-state index contributed by atoms with van der Waals surface area (Å²) in [5.74, 6) is -0.504. The molecule has 0 saturated carbocycles. The summed E-state index contributed by atoms with van der Waals surface area (Å²) in [6.45, 7) is 0. The lowest BCUT2D eigenvalue weighted by atomic mass is 10.0. The largest absolute Gasteiger partial charge is 0.508 e. The average Bonchev–Trinajstić information content (AvgIpc) is 2.17. The van der Waals surface area contributed by atoms with Crippen molar-refractivity contribution in [3.05, 3.63) is 35.9 Å². The Balaban J connectivity index is 2.30. The normalized spacial score (nSPS) is 20.0. The summed E-state index contributed by atoms with van der Waals surface area (Å²) in [6.07, 6.45) is 3.11. The van der Waals surface area contributed by atoms with E-state index in [-0.39, 0.29) is 11.5 Å². The third-order valence-electron chi connectivity index (χ3n) is 2.22. The third-order valence-corrected chi connectivity index (χ3v) is 2.22. The number of phenols is 2. The van der Waals surface area contributed by atoms with Gasteiger partial charge in [-0.05, 0) is 12.1 Å². The summed E-state index contributed by atoms with van der Waals surface area (Å²) in [5.41, 5.74) is 0.505. The van der Waals surface area contributed by atoms with Crippen molar-refractivity contribution in [3.8, 4) is 11.5 Å². The number of esters is 1. The van der Waals surface area contributed by atoms with Crippen LogP contribution < -0.4 is 0 Å². The van der Waals surface area contributed by atoms with Gasteiger partial charge in [0.2, 0.25) is 0 Å². The summed E-state index contributed by atoms with van der Waals surface area (Å²) < 4.78 is 5.03. The standard InChI is InChI=1S/C11H10O4/c12-7-4-5-8(9(13)6-7)10-2-1-3-11(14)15-10/h1,3-6,10,12-13H,2H2/t10-/m1/s1. The number of hydrogen-bond acceptors (Lipinski definition) is 4. The number of phenolic OH excluding ortho intramolecular Hbond substituents is 2. The van der Waals surface area contributed by atoms with Gasteiger partial charge in [-0.1, -0.05) is 6.08 Å². The van der Waals surface area contributed by atoms with Crippen LogP contribution in [0.5, 0.6) is 11.5 Å². The van der Waals surface area contributed by atoms with E-state index in [0.717, 1.165) is 0 Å². The Morgan fingerprint density at radius 2 is 2.13 bits per heavy atom. The molecule has 0 saturated heterocycles. The molecular formula is C11H10O4. The maximum absolute atomic E-state index is 11.0. The van der Waals surface area contributed by atoms with Crippen LogP contribution in [0.3, 0.4) is 0 Å². The Labute approximate surface area is 86.4 Å². The summed E-state index contributed by atoms with van der Waals surface area (Å²) in [5, 5.41) is 18.7. The molecule has 2 N–H and O–H groups in total. The van der Waals surface area contributed by atoms with Crippen molar-refractivity contribution in [1.29, 1.82) is 0 Å². The van der Waals surface area contributed by atoms with Crippen molar-refractivity contribution in [1.82, 2.24) is 0 Å². The Morgan fingerprint density at radius 1 is 1.33 bits per heavy atom. The summed E-state index contributed by atoms with van der Waals surface area (Å²) >= 11 is 0. The molecule has 1 atom stereocenters. The maximum atomic E-state index is 11.0. The van der Waals surface area contributed by atoms with Crippen LogP contribution in [-0.2, 0) is 9.53 Å². The zero-order valence-electron chi connectivity index (χ0n) is 7.88. The fraction of sp³-hybridized carbons (Fsp3) is 0.182. The molecule has 15 heavy (non-hydrogen) atoms. The minimum Gasteiger partial charge on any atom is -0.508 e. The van der Waals surface area contributed by atoms with Crippen LogP contribution >= 0.6 is 0 Å². The Morgan fingerprint density at radius 3 is 2.80 bits per heavy atom. The molecule has 2 rings (SSSR count). The van der Waals surface area contributed by atoms with Gasteiger partial charge in [0.25, 0.3) is 0 Å². The molecule has 1 aromatic rings. The first-order valence-electron chi connectivity index (χ1n) is 4.56. The number of hydrogen-bond donors (Lipinski definition) is 2. The van der Waals surface area contributed by atoms with Gasteiger partial charge in [-0.15, -0.1) is 0 Å². The van der Waals surface area contributed by atoms with Crippen molar-refractivity contribution in [2.45, 2.75) is 12.5 Å². The average molecular weight is 206 g/mol. The zero-order valence-corrected chi connectivity index (χ0v) is 7.88. The molecule has 78 valence electrons. The molecule has 1 aromatic carbocycles. The summed E-state index contributed by atoms with van der Waals surface area (Å²) in [7, 11) is 0. The maximum Gasteiger partial charge on any atom is 0.331 e. The highest BCUT2D eigenvalue weighted by atomic mass is 16.5. The topological polar surface area (TPSA) is 66.8 Å². The van der Waals surface area contributed by atoms with Gasteiger partial charge < -0.3 is 14.9 Å². The SMILES string of the molecule is O=C1C=CC[C@H](c2ccc(O)cc2O)O1. The van der Waals surface area contributed by atoms with Gasteiger partial charge in [0.1, 0.15) is 17.6 Å². The van der Waals surface area contributed by atoms with Gasteiger partial charge in [-0.3, -0.25) is 0 Å². The van der Waals surface area contributed by atoms with E-state index in [2.05, 4.69) is 0 Å². The van der Waals surface area contributed by atoms with E-state index in [1.165, 1.54) is 18.2 Å². The number of ether oxygens (including phenoxy) is 1. The van der Waals surface area contributed by atoms with E-state index in [0.29, 0.717) is 12.0 Å². The third kappa shape index (κ3) is 1.93. The number of carbonyl (C=O) groups excluding carboxylic acids is 1. The monoisotopic (exact) mass is 206 g/mol. The van der Waals surface area contributed by atoms with Crippen LogP contribution in [0.25, 0.3) is 0 Å². The van der Waals surface area contributed by atoms with Gasteiger partial charge >= 0.3 is 5.97 Å². The molecule has 0 fully saturated rings. The van der Waals surface area contributed by atoms with Crippen LogP contribution in [-0.4, -0.2) is 16.2 Å². The molecule has 0 aromatic heterocycles. The molecule has 0 unspecified atom stereocenters. The minimum absolute atomic E-state index is 0.0195. The summed E-state index contributed by atoms with van der Waals surface area (Å²) in [4.78, 5) is 11.0. The Bertz CT molecular complexity index is 423. The van der Waals surface area contributed by atoms with Crippen LogP contribution in [0.15, 0.2) is 30.4 Å². The molecule has 1 aliphatic heterocycles. The molecule has 4 heteroatoms. The second-order valence-corrected chi connectivity index (χ2v) is 3.31. The van der Waals surface area contributed by atoms with E-state index >= 15 is 0 Å². The molecular weight excluding hydrogens is 196 g/mol. The molecule has 4 nitrogen and oxygen atoms in total. The van der Waals surface area contributed by atoms with Crippen LogP contribution in [0.2, 0.25) is 0 Å². The second-order valence-electron chi connectivity index (χ2n) is 3.31. The lowest BCUT2D eigenvalue weighted by Gasteiger charge is -2.19. The van der Waals surface area contributed by atoms with Crippen molar-refractivity contribution < 1.29 is 19.7 Å². The predicted molar refractivity (Wildman–Crippen MR) is 52.4 cm³/mol. The molecule has 0 bridgehead atoms. The summed E-state index contributed by atoms with van der Waals surface area (Å²) in [6, 6.07) is 4.21. The smallest absolute Gasteiger partial charge is 0.331 e. The van der Waals surface area contributed by atoms with E-state index in [1.807, 2.05) is 0 Å². The van der Waals surface area contributed by atoms with Crippen molar-refractivity contribution in [2.24, 2.45) is 0 Å². The first-order chi connectivity index (χ1) is 7.16. The Kier molecular flexibility index (Phi) is 2.33. The van der Waals surface area contributed by atoms with Crippen LogP contribution in [0, 0.1) is 0 Å². The minimum atomic E-state index is -0.469. The quantitative estimate of drug-likeness (QED) is 0.685. The fourth-order valence-electron chi connectivity index (χ4n) is 1.51. The number of cyclic esters (lactones) is 1. The van der Waals surface area contributed by atoms with Crippen molar-refractivity contribution in [3.63, 3.8) is 0 Å². The first kappa shape index (κ1) is 9.58. The molecule has 0 aliphatic carbocycles. The molecule has 0 spiro atoms. The first-order valence-corrected chi connectivity index (χ1v) is 4.56. The van der Waals surface area contributed by atoms with Gasteiger partial charge in [-0.2, -0.15) is 0 Å². The molecule has 0 amide bonds. The molecule has 1 aliphatic rings. The number of benzene rings is 1. The van der Waals surface area contributed by atoms with Gasteiger partial charge in [-0.25, -0.2) is 4.79 Å². The predicted octanol–water partition coefficient (Wildman–Crippen LogP) is 1.64. The van der Waals surface area contributed by atoms with Crippen molar-refractivity contribution >= 4 is 5.97 Å². The van der Waals surface area contributed by atoms with Crippen LogP contribution in [0.4, 0.5) is 0 Å². The molecule has 0 radical (unpaired) electrons. The lowest BCUT2D eigenvalue weighted by Crippen LogP contribution is -2.12. The molecule has 1 heterocycles.